The van der Waals surface area contributed by atoms with Gasteiger partial charge in [-0.3, -0.25) is 9.59 Å². The summed E-state index contributed by atoms with van der Waals surface area (Å²) in [7, 11) is 0. The van der Waals surface area contributed by atoms with Crippen LogP contribution in [0.1, 0.15) is 25.3 Å². The van der Waals surface area contributed by atoms with E-state index in [4.69, 9.17) is 11.0 Å². The zero-order chi connectivity index (χ0) is 15.7. The van der Waals surface area contributed by atoms with Gasteiger partial charge in [0, 0.05) is 5.92 Å². The lowest BCUT2D eigenvalue weighted by atomic mass is 10.0. The topological polar surface area (TPSA) is 96.0 Å². The first-order valence-electron chi connectivity index (χ1n) is 6.89. The zero-order valence-electron chi connectivity index (χ0n) is 12.1. The molecular weight excluding hydrogens is 266 g/mol. The van der Waals surface area contributed by atoms with E-state index in [0.29, 0.717) is 6.42 Å². The summed E-state index contributed by atoms with van der Waals surface area (Å²) in [4.78, 5) is 22.5. The van der Waals surface area contributed by atoms with Crippen molar-refractivity contribution in [1.82, 2.24) is 5.32 Å². The second-order valence-corrected chi connectivity index (χ2v) is 4.96. The Kier molecular flexibility index (Phi) is 6.96. The Morgan fingerprint density at radius 2 is 2.05 bits per heavy atom. The van der Waals surface area contributed by atoms with Crippen molar-refractivity contribution in [3.63, 3.8) is 0 Å². The number of carbonyl (C=O) groups is 2. The first kappa shape index (κ1) is 16.7. The molecule has 0 aliphatic heterocycles. The smallest absolute Gasteiger partial charge is 0.224 e. The number of benzene rings is 1. The number of nitrogens with zero attached hydrogens (tertiary/aromatic N) is 1. The van der Waals surface area contributed by atoms with Gasteiger partial charge in [-0.25, -0.2) is 0 Å². The van der Waals surface area contributed by atoms with Crippen molar-refractivity contribution in [3.8, 4) is 6.07 Å². The molecule has 21 heavy (non-hydrogen) atoms. The highest BCUT2D eigenvalue weighted by Gasteiger charge is 2.15. The lowest BCUT2D eigenvalue weighted by molar-refractivity contribution is -0.121. The maximum Gasteiger partial charge on any atom is 0.224 e. The van der Waals surface area contributed by atoms with Crippen molar-refractivity contribution in [3.05, 3.63) is 42.3 Å². The third kappa shape index (κ3) is 6.57. The first-order valence-corrected chi connectivity index (χ1v) is 6.89. The van der Waals surface area contributed by atoms with Crippen LogP contribution in [0.3, 0.4) is 0 Å². The number of aryl methyl sites for hydroxylation is 1. The summed E-state index contributed by atoms with van der Waals surface area (Å²) in [6.07, 6.45) is 2.91. The van der Waals surface area contributed by atoms with Crippen LogP contribution in [0.15, 0.2) is 30.3 Å². The van der Waals surface area contributed by atoms with Gasteiger partial charge in [0.15, 0.2) is 0 Å². The quantitative estimate of drug-likeness (QED) is 0.754. The van der Waals surface area contributed by atoms with Crippen LogP contribution in [0.5, 0.6) is 0 Å². The molecule has 1 aromatic carbocycles. The Bertz CT molecular complexity index is 508. The summed E-state index contributed by atoms with van der Waals surface area (Å²) in [5.41, 5.74) is 6.24. The molecule has 0 spiro atoms. The number of hydrogen-bond acceptors (Lipinski definition) is 3. The minimum atomic E-state index is -0.544. The molecule has 0 heterocycles. The van der Waals surface area contributed by atoms with Crippen LogP contribution < -0.4 is 11.1 Å². The zero-order valence-corrected chi connectivity index (χ0v) is 12.1. The molecule has 1 rings (SSSR count). The molecule has 1 unspecified atom stereocenters. The minimum absolute atomic E-state index is 0.276. The van der Waals surface area contributed by atoms with Gasteiger partial charge in [0.05, 0.1) is 12.5 Å². The van der Waals surface area contributed by atoms with Crippen LogP contribution in [-0.4, -0.2) is 17.9 Å². The average molecular weight is 286 g/mol. The minimum Gasteiger partial charge on any atom is -0.369 e. The van der Waals surface area contributed by atoms with Gasteiger partial charge in [-0.2, -0.15) is 5.26 Å². The molecule has 1 radical (unpaired) electrons. The van der Waals surface area contributed by atoms with Crippen molar-refractivity contribution in [1.29, 1.82) is 5.26 Å². The normalized spacial score (nSPS) is 13.0. The molecule has 2 atom stereocenters. The third-order valence-corrected chi connectivity index (χ3v) is 3.18. The van der Waals surface area contributed by atoms with E-state index in [1.54, 1.807) is 6.92 Å². The van der Waals surface area contributed by atoms with Crippen LogP contribution in [0, 0.1) is 23.7 Å². The number of nitrogens with two attached hydrogens (primary N) is 1. The summed E-state index contributed by atoms with van der Waals surface area (Å²) in [5, 5.41) is 11.7. The summed E-state index contributed by atoms with van der Waals surface area (Å²) in [5.74, 6) is -1.18. The van der Waals surface area contributed by atoms with Gasteiger partial charge in [0.2, 0.25) is 11.8 Å². The van der Waals surface area contributed by atoms with E-state index in [1.807, 2.05) is 30.3 Å². The van der Waals surface area contributed by atoms with Gasteiger partial charge in [-0.05, 0) is 24.8 Å². The molecule has 2 amide bonds. The highest BCUT2D eigenvalue weighted by molar-refractivity contribution is 5.86. The maximum atomic E-state index is 11.7. The molecule has 5 heteroatoms. The largest absolute Gasteiger partial charge is 0.369 e. The van der Waals surface area contributed by atoms with Gasteiger partial charge in [0.1, 0.15) is 6.04 Å². The Morgan fingerprint density at radius 1 is 1.38 bits per heavy atom. The molecule has 0 saturated heterocycles. The number of carbonyl (C=O) groups excluding carboxylic acids is 2. The Morgan fingerprint density at radius 3 is 2.62 bits per heavy atom. The Hall–Kier alpha value is -2.35. The first-order chi connectivity index (χ1) is 10.0. The Balaban J connectivity index is 2.35. The van der Waals surface area contributed by atoms with E-state index in [0.717, 1.165) is 12.0 Å². The molecule has 0 aliphatic rings. The molecule has 5 nitrogen and oxygen atoms in total. The summed E-state index contributed by atoms with van der Waals surface area (Å²) < 4.78 is 0. The fourth-order valence-electron chi connectivity index (χ4n) is 1.76. The lowest BCUT2D eigenvalue weighted by Gasteiger charge is -2.12. The van der Waals surface area contributed by atoms with E-state index in [-0.39, 0.29) is 18.2 Å². The molecule has 0 fully saturated rings. The standard InChI is InChI=1S/C16H20N3O2/c1-12(16(18)21)7-10-15(20)19-14(11-17)9-8-13-5-3-2-4-6-13/h2-6,10,12,14H,7-9H2,1H3,(H2,18,21)(H,19,20)/t12?,14-/m0/s1. The number of nitrogens with one attached hydrogen (secondary N) is 1. The van der Waals surface area contributed by atoms with Crippen molar-refractivity contribution >= 4 is 11.8 Å². The predicted molar refractivity (Wildman–Crippen MR) is 79.6 cm³/mol. The van der Waals surface area contributed by atoms with Crippen molar-refractivity contribution in [2.45, 2.75) is 32.2 Å². The van der Waals surface area contributed by atoms with Crippen LogP contribution in [0.2, 0.25) is 0 Å². The van der Waals surface area contributed by atoms with Gasteiger partial charge < -0.3 is 11.1 Å². The third-order valence-electron chi connectivity index (χ3n) is 3.18. The molecule has 1 aromatic rings. The summed E-state index contributed by atoms with van der Waals surface area (Å²) in [6.45, 7) is 1.66. The summed E-state index contributed by atoms with van der Waals surface area (Å²) in [6, 6.07) is 11.3. The van der Waals surface area contributed by atoms with Crippen LogP contribution in [-0.2, 0) is 16.0 Å². The van der Waals surface area contributed by atoms with Gasteiger partial charge in [-0.1, -0.05) is 37.3 Å². The van der Waals surface area contributed by atoms with Gasteiger partial charge in [-0.15, -0.1) is 0 Å². The van der Waals surface area contributed by atoms with Crippen molar-refractivity contribution < 1.29 is 9.59 Å². The Labute approximate surface area is 125 Å². The van der Waals surface area contributed by atoms with E-state index in [9.17, 15) is 9.59 Å². The highest BCUT2D eigenvalue weighted by atomic mass is 16.2. The van der Waals surface area contributed by atoms with E-state index < -0.39 is 11.9 Å². The molecule has 0 aliphatic carbocycles. The fourth-order valence-corrected chi connectivity index (χ4v) is 1.76. The molecule has 0 saturated carbocycles. The van der Waals surface area contributed by atoms with Crippen molar-refractivity contribution in [2.24, 2.45) is 11.7 Å². The average Bonchev–Trinajstić information content (AvgIpc) is 2.49. The lowest BCUT2D eigenvalue weighted by Crippen LogP contribution is -2.35. The van der Waals surface area contributed by atoms with E-state index in [1.165, 1.54) is 6.42 Å². The van der Waals surface area contributed by atoms with E-state index >= 15 is 0 Å². The fraction of sp³-hybridized carbons (Fsp3) is 0.375. The van der Waals surface area contributed by atoms with E-state index in [2.05, 4.69) is 11.4 Å². The maximum absolute atomic E-state index is 11.7. The molecule has 111 valence electrons. The second-order valence-electron chi connectivity index (χ2n) is 4.96. The van der Waals surface area contributed by atoms with Gasteiger partial charge >= 0.3 is 0 Å². The number of nitriles is 1. The SMILES string of the molecule is CC(C[CH]C(=O)N[C@H](C#N)CCc1ccccc1)C(N)=O. The monoisotopic (exact) mass is 286 g/mol. The number of hydrogen-bond donors (Lipinski definition) is 2. The number of rotatable bonds is 8. The predicted octanol–water partition coefficient (Wildman–Crippen LogP) is 1.34. The van der Waals surface area contributed by atoms with Crippen LogP contribution in [0.4, 0.5) is 0 Å². The summed E-state index contributed by atoms with van der Waals surface area (Å²) >= 11 is 0. The van der Waals surface area contributed by atoms with Crippen LogP contribution in [0.25, 0.3) is 0 Å². The molecule has 0 aromatic heterocycles. The van der Waals surface area contributed by atoms with Crippen LogP contribution >= 0.6 is 0 Å². The van der Waals surface area contributed by atoms with Gasteiger partial charge in [0.25, 0.3) is 0 Å². The number of amides is 2. The van der Waals surface area contributed by atoms with Crippen molar-refractivity contribution in [2.75, 3.05) is 0 Å². The second kappa shape index (κ2) is 8.75. The highest BCUT2D eigenvalue weighted by Crippen LogP contribution is 2.06. The number of primary amides is 1. The molecule has 0 bridgehead atoms. The molecular formula is C16H20N3O2. The molecule has 3 N–H and O–H groups in total.